The zero-order valence-corrected chi connectivity index (χ0v) is 17.3. The van der Waals surface area contributed by atoms with E-state index < -0.39 is 10.0 Å². The molecule has 3 aromatic heterocycles. The Balaban J connectivity index is 1.36. The maximum absolute atomic E-state index is 13.2. The van der Waals surface area contributed by atoms with Gasteiger partial charge in [-0.3, -0.25) is 4.79 Å². The number of rotatable bonds is 3. The van der Waals surface area contributed by atoms with Crippen LogP contribution in [0.15, 0.2) is 59.9 Å². The van der Waals surface area contributed by atoms with Crippen molar-refractivity contribution < 1.29 is 13.2 Å². The van der Waals surface area contributed by atoms with Crippen molar-refractivity contribution >= 4 is 37.9 Å². The Morgan fingerprint density at radius 1 is 1.03 bits per heavy atom. The number of aromatic nitrogens is 3. The van der Waals surface area contributed by atoms with Gasteiger partial charge in [-0.05, 0) is 18.2 Å². The highest BCUT2D eigenvalue weighted by molar-refractivity contribution is 7.89. The molecule has 1 amide bonds. The Bertz CT molecular complexity index is 1360. The number of sulfonamides is 1. The van der Waals surface area contributed by atoms with Crippen LogP contribution in [0.2, 0.25) is 0 Å². The van der Waals surface area contributed by atoms with Crippen LogP contribution >= 0.6 is 0 Å². The SMILES string of the molecule is Cn1cc(C(=O)N2CCN(S(=O)(=O)c3c[nH]c4ncccc34)CC2)c2ccccc21. The highest BCUT2D eigenvalue weighted by Gasteiger charge is 2.32. The summed E-state index contributed by atoms with van der Waals surface area (Å²) in [5.41, 5.74) is 2.18. The highest BCUT2D eigenvalue weighted by Crippen LogP contribution is 2.26. The standard InChI is InChI=1S/C21H21N5O3S/c1-24-14-17(15-5-2-3-7-18(15)24)21(27)25-9-11-26(12-10-25)30(28,29)19-13-23-20-16(19)6-4-8-22-20/h2-8,13-14H,9-12H2,1H3,(H,22,23). The summed E-state index contributed by atoms with van der Waals surface area (Å²) in [5, 5.41) is 1.48. The van der Waals surface area contributed by atoms with E-state index in [1.165, 1.54) is 10.5 Å². The molecule has 0 atom stereocenters. The van der Waals surface area contributed by atoms with Gasteiger partial charge >= 0.3 is 0 Å². The summed E-state index contributed by atoms with van der Waals surface area (Å²) in [6.45, 7) is 1.21. The summed E-state index contributed by atoms with van der Waals surface area (Å²) in [7, 11) is -1.75. The van der Waals surface area contributed by atoms with Crippen molar-refractivity contribution in [1.29, 1.82) is 0 Å². The first-order valence-corrected chi connectivity index (χ1v) is 11.2. The number of nitrogens with zero attached hydrogens (tertiary/aromatic N) is 4. The van der Waals surface area contributed by atoms with E-state index in [1.807, 2.05) is 42.1 Å². The summed E-state index contributed by atoms with van der Waals surface area (Å²) in [4.78, 5) is 22.1. The molecule has 0 saturated carbocycles. The molecular formula is C21H21N5O3S. The van der Waals surface area contributed by atoms with E-state index in [0.29, 0.717) is 29.7 Å². The molecule has 0 bridgehead atoms. The third-order valence-electron chi connectivity index (χ3n) is 5.68. The van der Waals surface area contributed by atoms with Gasteiger partial charge in [-0.2, -0.15) is 4.31 Å². The van der Waals surface area contributed by atoms with E-state index in [4.69, 9.17) is 0 Å². The summed E-state index contributed by atoms with van der Waals surface area (Å²) in [5.74, 6) is -0.0693. The number of pyridine rings is 1. The summed E-state index contributed by atoms with van der Waals surface area (Å²) in [6.07, 6.45) is 4.95. The minimum atomic E-state index is -3.67. The third-order valence-corrected chi connectivity index (χ3v) is 7.62. The Hall–Kier alpha value is -3.17. The number of benzene rings is 1. The van der Waals surface area contributed by atoms with Crippen molar-refractivity contribution in [3.05, 3.63) is 60.6 Å². The third kappa shape index (κ3) is 2.89. The number of hydrogen-bond donors (Lipinski definition) is 1. The largest absolute Gasteiger partial charge is 0.350 e. The van der Waals surface area contributed by atoms with Gasteiger partial charge in [-0.25, -0.2) is 13.4 Å². The van der Waals surface area contributed by atoms with Gasteiger partial charge in [0.05, 0.1) is 5.56 Å². The molecule has 0 spiro atoms. The van der Waals surface area contributed by atoms with Crippen LogP contribution in [0.4, 0.5) is 0 Å². The molecule has 30 heavy (non-hydrogen) atoms. The molecule has 1 saturated heterocycles. The van der Waals surface area contributed by atoms with Gasteiger partial charge in [0.25, 0.3) is 5.91 Å². The number of H-pyrrole nitrogens is 1. The zero-order valence-electron chi connectivity index (χ0n) is 16.4. The van der Waals surface area contributed by atoms with Crippen molar-refractivity contribution in [2.75, 3.05) is 26.2 Å². The molecular weight excluding hydrogens is 402 g/mol. The van der Waals surface area contributed by atoms with E-state index in [0.717, 1.165) is 10.9 Å². The van der Waals surface area contributed by atoms with E-state index in [9.17, 15) is 13.2 Å². The predicted molar refractivity (Wildman–Crippen MR) is 114 cm³/mol. The topological polar surface area (TPSA) is 91.3 Å². The zero-order chi connectivity index (χ0) is 20.9. The van der Waals surface area contributed by atoms with E-state index in [1.54, 1.807) is 23.2 Å². The molecule has 9 heteroatoms. The minimum Gasteiger partial charge on any atom is -0.350 e. The number of hydrogen-bond acceptors (Lipinski definition) is 4. The van der Waals surface area contributed by atoms with Crippen LogP contribution in [0.3, 0.4) is 0 Å². The van der Waals surface area contributed by atoms with Crippen molar-refractivity contribution in [3.8, 4) is 0 Å². The van der Waals surface area contributed by atoms with E-state index in [2.05, 4.69) is 9.97 Å². The average molecular weight is 423 g/mol. The van der Waals surface area contributed by atoms with Gasteiger partial charge in [0.2, 0.25) is 10.0 Å². The van der Waals surface area contributed by atoms with Gasteiger partial charge in [0.15, 0.2) is 0 Å². The lowest BCUT2D eigenvalue weighted by Crippen LogP contribution is -2.50. The lowest BCUT2D eigenvalue weighted by molar-refractivity contribution is 0.0699. The van der Waals surface area contributed by atoms with Crippen molar-refractivity contribution in [1.82, 2.24) is 23.7 Å². The van der Waals surface area contributed by atoms with Crippen LogP contribution in [0, 0.1) is 0 Å². The summed E-state index contributed by atoms with van der Waals surface area (Å²) < 4.78 is 29.7. The Labute approximate surface area is 173 Å². The van der Waals surface area contributed by atoms with Gasteiger partial charge < -0.3 is 14.5 Å². The van der Waals surface area contributed by atoms with Crippen LogP contribution in [-0.2, 0) is 17.1 Å². The Morgan fingerprint density at radius 2 is 1.77 bits per heavy atom. The smallest absolute Gasteiger partial charge is 0.256 e. The molecule has 1 N–H and O–H groups in total. The van der Waals surface area contributed by atoms with Crippen LogP contribution in [0.5, 0.6) is 0 Å². The molecule has 1 aromatic carbocycles. The second-order valence-electron chi connectivity index (χ2n) is 7.42. The molecule has 0 unspecified atom stereocenters. The molecule has 1 fully saturated rings. The normalized spacial score (nSPS) is 15.8. The molecule has 1 aliphatic heterocycles. The molecule has 154 valence electrons. The maximum atomic E-state index is 13.2. The quantitative estimate of drug-likeness (QED) is 0.547. The maximum Gasteiger partial charge on any atom is 0.256 e. The van der Waals surface area contributed by atoms with Gasteiger partial charge in [0.1, 0.15) is 10.5 Å². The molecule has 0 aliphatic carbocycles. The van der Waals surface area contributed by atoms with E-state index >= 15 is 0 Å². The fraction of sp³-hybridized carbons (Fsp3) is 0.238. The molecule has 4 heterocycles. The molecule has 8 nitrogen and oxygen atoms in total. The van der Waals surface area contributed by atoms with Crippen LogP contribution in [-0.4, -0.2) is 64.2 Å². The molecule has 1 aliphatic rings. The first kappa shape index (κ1) is 18.8. The number of amides is 1. The average Bonchev–Trinajstić information content (AvgIpc) is 3.36. The predicted octanol–water partition coefficient (Wildman–Crippen LogP) is 2.20. The van der Waals surface area contributed by atoms with Gasteiger partial charge in [0, 0.05) is 68.1 Å². The highest BCUT2D eigenvalue weighted by atomic mass is 32.2. The van der Waals surface area contributed by atoms with Gasteiger partial charge in [-0.15, -0.1) is 0 Å². The lowest BCUT2D eigenvalue weighted by Gasteiger charge is -2.33. The number of para-hydroxylation sites is 1. The number of carbonyl (C=O) groups excluding carboxylic acids is 1. The summed E-state index contributed by atoms with van der Waals surface area (Å²) in [6, 6.07) is 11.2. The van der Waals surface area contributed by atoms with Crippen molar-refractivity contribution in [2.45, 2.75) is 4.90 Å². The summed E-state index contributed by atoms with van der Waals surface area (Å²) >= 11 is 0. The molecule has 0 radical (unpaired) electrons. The number of aryl methyl sites for hydroxylation is 1. The van der Waals surface area contributed by atoms with Crippen molar-refractivity contribution in [2.24, 2.45) is 7.05 Å². The number of fused-ring (bicyclic) bond motifs is 2. The molecule has 5 rings (SSSR count). The van der Waals surface area contributed by atoms with Crippen LogP contribution in [0.1, 0.15) is 10.4 Å². The first-order chi connectivity index (χ1) is 14.5. The molecule has 4 aromatic rings. The van der Waals surface area contributed by atoms with Gasteiger partial charge in [-0.1, -0.05) is 18.2 Å². The Kier molecular flexibility index (Phi) is 4.37. The fourth-order valence-corrected chi connectivity index (χ4v) is 5.67. The monoisotopic (exact) mass is 423 g/mol. The second-order valence-corrected chi connectivity index (χ2v) is 9.33. The van der Waals surface area contributed by atoms with Crippen LogP contribution in [0.25, 0.3) is 21.9 Å². The number of piperazine rings is 1. The Morgan fingerprint density at radius 3 is 2.57 bits per heavy atom. The number of aromatic amines is 1. The number of nitrogens with one attached hydrogen (secondary N) is 1. The first-order valence-electron chi connectivity index (χ1n) is 9.72. The van der Waals surface area contributed by atoms with Crippen LogP contribution < -0.4 is 0 Å². The van der Waals surface area contributed by atoms with Crippen molar-refractivity contribution in [3.63, 3.8) is 0 Å². The number of carbonyl (C=O) groups is 1. The fourth-order valence-electron chi connectivity index (χ4n) is 4.10. The second kappa shape index (κ2) is 6.96. The minimum absolute atomic E-state index is 0.0693. The lowest BCUT2D eigenvalue weighted by atomic mass is 10.1. The van der Waals surface area contributed by atoms with E-state index in [-0.39, 0.29) is 23.9 Å².